The first-order chi connectivity index (χ1) is 31.9. The van der Waals surface area contributed by atoms with Gasteiger partial charge in [0.05, 0.1) is 6.04 Å². The number of urea groups is 1. The molecular weight excluding hydrogens is 865 g/mol. The Bertz CT molecular complexity index is 2150. The molecular formula is C49H64N6O12. The fraction of sp³-hybridized carbons (Fsp3) is 0.469. The van der Waals surface area contributed by atoms with Gasteiger partial charge in [0.1, 0.15) is 11.8 Å². The van der Waals surface area contributed by atoms with Crippen LogP contribution in [0.1, 0.15) is 108 Å². The average Bonchev–Trinajstić information content (AvgIpc) is 3.29. The number of pyridine rings is 1. The Morgan fingerprint density at radius 2 is 1.39 bits per heavy atom. The monoisotopic (exact) mass is 928 g/mol. The van der Waals surface area contributed by atoms with Gasteiger partial charge >= 0.3 is 23.9 Å². The lowest BCUT2D eigenvalue weighted by atomic mass is 9.84. The number of aromatic nitrogens is 1. The van der Waals surface area contributed by atoms with Crippen LogP contribution in [0.4, 0.5) is 16.2 Å². The van der Waals surface area contributed by atoms with E-state index in [2.05, 4.69) is 31.6 Å². The van der Waals surface area contributed by atoms with E-state index >= 15 is 0 Å². The van der Waals surface area contributed by atoms with Crippen molar-refractivity contribution in [3.63, 3.8) is 0 Å². The van der Waals surface area contributed by atoms with Crippen LogP contribution in [-0.2, 0) is 51.2 Å². The molecule has 0 aliphatic heterocycles. The highest BCUT2D eigenvalue weighted by molar-refractivity contribution is 6.00. The van der Waals surface area contributed by atoms with Crippen LogP contribution in [0.5, 0.6) is 0 Å². The molecule has 67 heavy (non-hydrogen) atoms. The molecule has 0 saturated carbocycles. The molecule has 3 aromatic rings. The molecule has 0 aliphatic rings. The number of nitrogens with zero attached hydrogens (tertiary/aromatic N) is 1. The van der Waals surface area contributed by atoms with Crippen molar-refractivity contribution in [2.75, 3.05) is 17.2 Å². The molecule has 3 rings (SSSR count). The summed E-state index contributed by atoms with van der Waals surface area (Å²) < 4.78 is 0. The number of amides is 5. The molecule has 0 saturated heterocycles. The zero-order chi connectivity index (χ0) is 49.3. The Morgan fingerprint density at radius 3 is 2.03 bits per heavy atom. The van der Waals surface area contributed by atoms with Crippen molar-refractivity contribution in [2.24, 2.45) is 17.8 Å². The van der Waals surface area contributed by atoms with Crippen LogP contribution in [0.15, 0.2) is 73.1 Å². The van der Waals surface area contributed by atoms with Crippen molar-refractivity contribution < 1.29 is 58.5 Å². The molecule has 1 aromatic heterocycles. The van der Waals surface area contributed by atoms with Gasteiger partial charge in [-0.1, -0.05) is 63.1 Å². The van der Waals surface area contributed by atoms with Crippen LogP contribution < -0.4 is 26.6 Å². The van der Waals surface area contributed by atoms with Crippen molar-refractivity contribution >= 4 is 64.6 Å². The molecule has 2 aromatic carbocycles. The minimum atomic E-state index is -1.42. The third-order valence-corrected chi connectivity index (χ3v) is 11.5. The quantitative estimate of drug-likeness (QED) is 0.0351. The summed E-state index contributed by atoms with van der Waals surface area (Å²) in [6.45, 7) is 5.64. The largest absolute Gasteiger partial charge is 0.481 e. The van der Waals surface area contributed by atoms with Gasteiger partial charge in [0.15, 0.2) is 5.78 Å². The van der Waals surface area contributed by atoms with Crippen LogP contribution >= 0.6 is 0 Å². The molecule has 18 nitrogen and oxygen atoms in total. The summed E-state index contributed by atoms with van der Waals surface area (Å²) >= 11 is 0. The van der Waals surface area contributed by atoms with Crippen LogP contribution in [0.3, 0.4) is 0 Å². The molecule has 0 radical (unpaired) electrons. The van der Waals surface area contributed by atoms with Crippen LogP contribution in [-0.4, -0.2) is 92.2 Å². The third-order valence-electron chi connectivity index (χ3n) is 11.5. The number of para-hydroxylation sites is 1. The molecule has 18 heteroatoms. The number of unbranched alkanes of at least 4 members (excludes halogenated alkanes) is 1. The summed E-state index contributed by atoms with van der Waals surface area (Å²) in [5, 5.41) is 41.7. The summed E-state index contributed by atoms with van der Waals surface area (Å²) in [6.07, 6.45) is 3.45. The summed E-state index contributed by atoms with van der Waals surface area (Å²) in [4.78, 5) is 119. The van der Waals surface area contributed by atoms with Gasteiger partial charge in [0.2, 0.25) is 17.7 Å². The standard InChI is InChI=1S/C49H64N6O12/c1-4-31(2)38(47(64)54-41(48(65)66)15-9-16-44(59)60)29-42(57)40(22-24-45(61)62)53-46(63)35(13-7-8-26-51-43(58)23-19-34-12-10-25-50-30-34)28-37(56)27-33-17-20-36(21-18-33)52-49(67)55-39-14-6-5-11-32(39)3/h5-6,10-12,14,17-18,20-21,25,30-31,35,38,40-41H,4,7-9,13,15-16,19,22-24,26-29H2,1-3H3,(H,51,58)(H,53,63)(H,54,64)(H,59,60)(H,61,62)(H,65,66)(H2,52,55,67)/t31?,35-,38+,40+,41+/m1/s1. The Labute approximate surface area is 390 Å². The first-order valence-electron chi connectivity index (χ1n) is 22.6. The maximum atomic E-state index is 14.1. The molecule has 1 heterocycles. The van der Waals surface area contributed by atoms with Gasteiger partial charge < -0.3 is 41.9 Å². The van der Waals surface area contributed by atoms with Crippen molar-refractivity contribution in [1.29, 1.82) is 0 Å². The second kappa shape index (κ2) is 28.8. The minimum Gasteiger partial charge on any atom is -0.481 e. The normalized spacial score (nSPS) is 13.1. The zero-order valence-corrected chi connectivity index (χ0v) is 38.4. The van der Waals surface area contributed by atoms with Gasteiger partial charge in [-0.25, -0.2) is 9.59 Å². The fourth-order valence-electron chi connectivity index (χ4n) is 7.30. The zero-order valence-electron chi connectivity index (χ0n) is 38.4. The minimum absolute atomic E-state index is 0.0207. The van der Waals surface area contributed by atoms with E-state index in [4.69, 9.17) is 5.11 Å². The Morgan fingerprint density at radius 1 is 0.687 bits per heavy atom. The summed E-state index contributed by atoms with van der Waals surface area (Å²) in [7, 11) is 0. The lowest BCUT2D eigenvalue weighted by Crippen LogP contribution is -2.48. The highest BCUT2D eigenvalue weighted by Gasteiger charge is 2.34. The Balaban J connectivity index is 1.74. The number of hydrogen-bond donors (Lipinski definition) is 8. The smallest absolute Gasteiger partial charge is 0.326 e. The third kappa shape index (κ3) is 20.8. The number of hydrogen-bond acceptors (Lipinski definition) is 10. The SMILES string of the molecule is CCC(C)[C@H](CC(=O)[C@H](CCC(=O)O)NC(=O)[C@H](CCCCNC(=O)CCc1cccnc1)CC(=O)Cc1ccc(NC(=O)Nc2ccccc2C)cc1)C(=O)N[C@@H](CCCC(=O)O)C(=O)O. The number of anilines is 2. The highest BCUT2D eigenvalue weighted by Crippen LogP contribution is 2.24. The summed E-state index contributed by atoms with van der Waals surface area (Å²) in [6, 6.07) is 14.4. The van der Waals surface area contributed by atoms with E-state index in [-0.39, 0.29) is 63.1 Å². The maximum Gasteiger partial charge on any atom is 0.326 e. The molecule has 362 valence electrons. The van der Waals surface area contributed by atoms with Gasteiger partial charge in [-0.15, -0.1) is 0 Å². The molecule has 0 bridgehead atoms. The van der Waals surface area contributed by atoms with E-state index in [0.29, 0.717) is 49.2 Å². The van der Waals surface area contributed by atoms with E-state index in [1.807, 2.05) is 25.1 Å². The molecule has 5 atom stereocenters. The summed E-state index contributed by atoms with van der Waals surface area (Å²) in [5.74, 6) is -8.78. The number of aryl methyl sites for hydroxylation is 2. The Hall–Kier alpha value is -6.98. The fourth-order valence-corrected chi connectivity index (χ4v) is 7.30. The first kappa shape index (κ1) is 54.4. The number of benzene rings is 2. The van der Waals surface area contributed by atoms with Crippen molar-refractivity contribution in [3.05, 3.63) is 89.7 Å². The predicted molar refractivity (Wildman–Crippen MR) is 249 cm³/mol. The van der Waals surface area contributed by atoms with E-state index < -0.39 is 84.2 Å². The second-order valence-electron chi connectivity index (χ2n) is 16.8. The Kier molecular flexibility index (Phi) is 23.4. The number of nitrogens with one attached hydrogen (secondary N) is 5. The first-order valence-corrected chi connectivity index (χ1v) is 22.6. The molecule has 8 N–H and O–H groups in total. The van der Waals surface area contributed by atoms with Crippen LogP contribution in [0.2, 0.25) is 0 Å². The number of carboxylic acids is 3. The lowest BCUT2D eigenvalue weighted by molar-refractivity contribution is -0.144. The van der Waals surface area contributed by atoms with Gasteiger partial charge in [-0.3, -0.25) is 38.5 Å². The average molecular weight is 929 g/mol. The van der Waals surface area contributed by atoms with Gasteiger partial charge in [0, 0.05) is 80.7 Å². The predicted octanol–water partition coefficient (Wildman–Crippen LogP) is 5.87. The van der Waals surface area contributed by atoms with Crippen molar-refractivity contribution in [1.82, 2.24) is 20.9 Å². The lowest BCUT2D eigenvalue weighted by Gasteiger charge is -2.27. The number of ketones is 2. The van der Waals surface area contributed by atoms with E-state index in [0.717, 1.165) is 11.1 Å². The number of carbonyl (C=O) groups is 9. The number of carboxylic acid groups (broad SMARTS) is 3. The molecule has 0 aliphatic carbocycles. The van der Waals surface area contributed by atoms with Gasteiger partial charge in [-0.2, -0.15) is 0 Å². The number of rotatable bonds is 31. The van der Waals surface area contributed by atoms with Crippen LogP contribution in [0, 0.1) is 24.7 Å². The van der Waals surface area contributed by atoms with Crippen molar-refractivity contribution in [2.45, 2.75) is 123 Å². The molecule has 0 spiro atoms. The maximum absolute atomic E-state index is 14.1. The van der Waals surface area contributed by atoms with Gasteiger partial charge in [0.25, 0.3) is 0 Å². The number of Topliss-reactive ketones (excluding diaryl/α,β-unsaturated/α-hetero) is 2. The van der Waals surface area contributed by atoms with E-state index in [9.17, 15) is 53.4 Å². The van der Waals surface area contributed by atoms with Crippen LogP contribution in [0.25, 0.3) is 0 Å². The molecule has 1 unspecified atom stereocenters. The van der Waals surface area contributed by atoms with Gasteiger partial charge in [-0.05, 0) is 92.3 Å². The highest BCUT2D eigenvalue weighted by atomic mass is 16.4. The summed E-state index contributed by atoms with van der Waals surface area (Å²) in [5.41, 5.74) is 3.54. The van der Waals surface area contributed by atoms with E-state index in [1.165, 1.54) is 0 Å². The molecule has 0 fully saturated rings. The van der Waals surface area contributed by atoms with Crippen molar-refractivity contribution in [3.8, 4) is 0 Å². The molecule has 5 amide bonds. The number of aliphatic carboxylic acids is 3. The van der Waals surface area contributed by atoms with E-state index in [1.54, 1.807) is 68.7 Å². The topological polar surface area (TPSA) is 287 Å². The second-order valence-corrected chi connectivity index (χ2v) is 16.8. The number of carbonyl (C=O) groups excluding carboxylic acids is 6.